The van der Waals surface area contributed by atoms with Crippen molar-refractivity contribution in [3.8, 4) is 6.07 Å². The van der Waals surface area contributed by atoms with E-state index in [1.54, 1.807) is 6.07 Å². The molecule has 1 aromatic carbocycles. The number of halogens is 3. The Hall–Kier alpha value is -1.80. The molecule has 3 atom stereocenters. The van der Waals surface area contributed by atoms with Crippen molar-refractivity contribution in [3.63, 3.8) is 0 Å². The van der Waals surface area contributed by atoms with E-state index in [1.165, 1.54) is 30.7 Å². The van der Waals surface area contributed by atoms with E-state index in [4.69, 9.17) is 5.26 Å². The van der Waals surface area contributed by atoms with Crippen LogP contribution in [0.25, 0.3) is 6.08 Å². The summed E-state index contributed by atoms with van der Waals surface area (Å²) in [5.74, 6) is 0.865. The van der Waals surface area contributed by atoms with Crippen molar-refractivity contribution in [2.75, 3.05) is 0 Å². The number of allylic oxidation sites excluding steroid dienone is 1. The van der Waals surface area contributed by atoms with Crippen LogP contribution in [-0.2, 0) is 5.60 Å². The molecule has 1 saturated carbocycles. The number of nitriles is 1. The van der Waals surface area contributed by atoms with Gasteiger partial charge in [0.25, 0.3) is 0 Å². The molecule has 2 rings (SSSR count). The third kappa shape index (κ3) is 4.12. The molecule has 1 fully saturated rings. The number of hydrogen-bond acceptors (Lipinski definition) is 2. The molecule has 0 amide bonds. The summed E-state index contributed by atoms with van der Waals surface area (Å²) in [6.45, 7) is 6.66. The van der Waals surface area contributed by atoms with E-state index < -0.39 is 18.2 Å². The van der Waals surface area contributed by atoms with Gasteiger partial charge >= 0.3 is 6.18 Å². The lowest BCUT2D eigenvalue weighted by atomic mass is 9.64. The van der Waals surface area contributed by atoms with E-state index in [0.717, 1.165) is 12.8 Å². The van der Waals surface area contributed by atoms with Crippen LogP contribution in [0.3, 0.4) is 0 Å². The van der Waals surface area contributed by atoms with Gasteiger partial charge in [0.1, 0.15) is 0 Å². The highest BCUT2D eigenvalue weighted by atomic mass is 19.4. The molecule has 26 heavy (non-hydrogen) atoms. The lowest BCUT2D eigenvalue weighted by molar-refractivity contribution is -0.264. The fraction of sp³-hybridized carbons (Fsp3) is 0.571. The van der Waals surface area contributed by atoms with Crippen molar-refractivity contribution in [1.82, 2.24) is 0 Å². The van der Waals surface area contributed by atoms with Crippen LogP contribution in [0.4, 0.5) is 13.2 Å². The number of hydrogen-bond donors (Lipinski definition) is 1. The second kappa shape index (κ2) is 7.44. The summed E-state index contributed by atoms with van der Waals surface area (Å²) in [5, 5.41) is 18.8. The van der Waals surface area contributed by atoms with Crippen molar-refractivity contribution in [2.24, 2.45) is 17.3 Å². The number of alkyl halides is 3. The second-order valence-corrected chi connectivity index (χ2v) is 8.06. The van der Waals surface area contributed by atoms with Gasteiger partial charge in [0, 0.05) is 0 Å². The highest BCUT2D eigenvalue weighted by Gasteiger charge is 2.55. The van der Waals surface area contributed by atoms with Crippen LogP contribution >= 0.6 is 0 Å². The Morgan fingerprint density at radius 2 is 2.04 bits per heavy atom. The molecule has 2 nitrogen and oxygen atoms in total. The van der Waals surface area contributed by atoms with E-state index in [0.29, 0.717) is 17.4 Å². The molecule has 3 unspecified atom stereocenters. The maximum atomic E-state index is 13.3. The summed E-state index contributed by atoms with van der Waals surface area (Å²) in [5.41, 5.74) is -2.70. The van der Waals surface area contributed by atoms with Gasteiger partial charge in [-0.25, -0.2) is 0 Å². The van der Waals surface area contributed by atoms with E-state index >= 15 is 0 Å². The molecular weight excluding hydrogens is 339 g/mol. The zero-order valence-corrected chi connectivity index (χ0v) is 15.5. The zero-order chi connectivity index (χ0) is 19.6. The van der Waals surface area contributed by atoms with Crippen molar-refractivity contribution in [2.45, 2.75) is 58.2 Å². The Balaban J connectivity index is 2.33. The monoisotopic (exact) mass is 365 g/mol. The number of nitrogens with zero attached hydrogens (tertiary/aromatic N) is 1. The van der Waals surface area contributed by atoms with Gasteiger partial charge in [-0.15, -0.1) is 0 Å². The van der Waals surface area contributed by atoms with Crippen molar-refractivity contribution in [3.05, 3.63) is 41.5 Å². The van der Waals surface area contributed by atoms with Crippen LogP contribution in [0.15, 0.2) is 30.3 Å². The SMILES string of the molecule is CC1CCCC(C)(C)C1/C=C/c1cccc(C(O)(CC#N)C(F)(F)F)c1. The van der Waals surface area contributed by atoms with Crippen LogP contribution < -0.4 is 0 Å². The normalized spacial score (nSPS) is 25.6. The summed E-state index contributed by atoms with van der Waals surface area (Å²) in [4.78, 5) is 0. The molecule has 5 heteroatoms. The molecule has 0 spiro atoms. The first kappa shape index (κ1) is 20.5. The van der Waals surface area contributed by atoms with Crippen LogP contribution in [0, 0.1) is 28.6 Å². The Kier molecular flexibility index (Phi) is 5.87. The third-order valence-electron chi connectivity index (χ3n) is 5.66. The van der Waals surface area contributed by atoms with Crippen LogP contribution in [0.1, 0.15) is 57.6 Å². The largest absolute Gasteiger partial charge is 0.422 e. The topological polar surface area (TPSA) is 44.0 Å². The average molecular weight is 365 g/mol. The van der Waals surface area contributed by atoms with Gasteiger partial charge in [-0.2, -0.15) is 18.4 Å². The maximum absolute atomic E-state index is 13.3. The van der Waals surface area contributed by atoms with Gasteiger partial charge in [-0.1, -0.05) is 64.0 Å². The van der Waals surface area contributed by atoms with E-state index in [9.17, 15) is 18.3 Å². The third-order valence-corrected chi connectivity index (χ3v) is 5.66. The second-order valence-electron chi connectivity index (χ2n) is 8.06. The molecular formula is C21H26F3NO. The fourth-order valence-electron chi connectivity index (χ4n) is 4.04. The van der Waals surface area contributed by atoms with Gasteiger partial charge in [-0.05, 0) is 40.9 Å². The van der Waals surface area contributed by atoms with Gasteiger partial charge < -0.3 is 5.11 Å². The molecule has 1 aliphatic rings. The number of rotatable bonds is 4. The van der Waals surface area contributed by atoms with E-state index in [-0.39, 0.29) is 11.0 Å². The maximum Gasteiger partial charge on any atom is 0.422 e. The summed E-state index contributed by atoms with van der Waals surface area (Å²) in [6.07, 6.45) is 1.44. The first-order chi connectivity index (χ1) is 12.0. The molecule has 1 aromatic rings. The minimum Gasteiger partial charge on any atom is -0.375 e. The standard InChI is InChI=1S/C21H26F3NO/c1-15-6-5-11-19(2,3)18(15)10-9-16-7-4-8-17(14-16)20(26,12-13-25)21(22,23)24/h4,7-10,14-15,18,26H,5-6,11-12H2,1-3H3/b10-9+. The number of aliphatic hydroxyl groups is 1. The molecule has 0 saturated heterocycles. The van der Waals surface area contributed by atoms with E-state index in [1.807, 2.05) is 6.08 Å². The molecule has 0 radical (unpaired) electrons. The summed E-state index contributed by atoms with van der Waals surface area (Å²) >= 11 is 0. The Bertz CT molecular complexity index is 702. The molecule has 0 aliphatic heterocycles. The first-order valence-corrected chi connectivity index (χ1v) is 8.96. The highest BCUT2D eigenvalue weighted by Crippen LogP contribution is 2.45. The lowest BCUT2D eigenvalue weighted by Crippen LogP contribution is -2.42. The Labute approximate surface area is 153 Å². The molecule has 142 valence electrons. The highest BCUT2D eigenvalue weighted by molar-refractivity contribution is 5.52. The van der Waals surface area contributed by atoms with Crippen molar-refractivity contribution < 1.29 is 18.3 Å². The molecule has 1 aliphatic carbocycles. The molecule has 1 N–H and O–H groups in total. The first-order valence-electron chi connectivity index (χ1n) is 8.96. The van der Waals surface area contributed by atoms with Crippen LogP contribution in [0.2, 0.25) is 0 Å². The lowest BCUT2D eigenvalue weighted by Gasteiger charge is -2.41. The minimum absolute atomic E-state index is 0.152. The Morgan fingerprint density at radius 3 is 2.62 bits per heavy atom. The quantitative estimate of drug-likeness (QED) is 0.730. The summed E-state index contributed by atoms with van der Waals surface area (Å²) in [6, 6.07) is 7.18. The minimum atomic E-state index is -4.91. The predicted molar refractivity (Wildman–Crippen MR) is 95.9 cm³/mol. The number of benzene rings is 1. The van der Waals surface area contributed by atoms with E-state index in [2.05, 4.69) is 26.8 Å². The predicted octanol–water partition coefficient (Wildman–Crippen LogP) is 5.83. The van der Waals surface area contributed by atoms with Crippen molar-refractivity contribution >= 4 is 6.08 Å². The van der Waals surface area contributed by atoms with Gasteiger partial charge in [0.15, 0.2) is 5.60 Å². The zero-order valence-electron chi connectivity index (χ0n) is 15.5. The molecule has 0 aromatic heterocycles. The van der Waals surface area contributed by atoms with Gasteiger partial charge in [0.2, 0.25) is 0 Å². The molecule has 0 bridgehead atoms. The smallest absolute Gasteiger partial charge is 0.375 e. The summed E-state index contributed by atoms with van der Waals surface area (Å²) < 4.78 is 40.0. The van der Waals surface area contributed by atoms with Crippen LogP contribution in [-0.4, -0.2) is 11.3 Å². The Morgan fingerprint density at radius 1 is 1.35 bits per heavy atom. The van der Waals surface area contributed by atoms with Crippen molar-refractivity contribution in [1.29, 1.82) is 5.26 Å². The summed E-state index contributed by atoms with van der Waals surface area (Å²) in [7, 11) is 0. The van der Waals surface area contributed by atoms with Gasteiger partial charge in [0.05, 0.1) is 12.5 Å². The van der Waals surface area contributed by atoms with Gasteiger partial charge in [-0.3, -0.25) is 0 Å². The molecule has 0 heterocycles. The fourth-order valence-corrected chi connectivity index (χ4v) is 4.04. The average Bonchev–Trinajstić information content (AvgIpc) is 2.53. The van der Waals surface area contributed by atoms with Crippen LogP contribution in [0.5, 0.6) is 0 Å².